The fourth-order valence-corrected chi connectivity index (χ4v) is 1.73. The van der Waals surface area contributed by atoms with E-state index in [2.05, 4.69) is 0 Å². The Bertz CT molecular complexity index is 552. The molecule has 0 N–H and O–H groups in total. The van der Waals surface area contributed by atoms with E-state index >= 15 is 0 Å². The highest BCUT2D eigenvalue weighted by Crippen LogP contribution is 2.24. The van der Waals surface area contributed by atoms with E-state index in [0.717, 1.165) is 0 Å². The number of hydrogen-bond acceptors (Lipinski definition) is 4. The molecule has 0 heterocycles. The molecule has 19 heavy (non-hydrogen) atoms. The van der Waals surface area contributed by atoms with Crippen molar-refractivity contribution >= 4 is 23.2 Å². The third kappa shape index (κ3) is 3.42. The fraction of sp³-hybridized carbons (Fsp3) is 0.333. The van der Waals surface area contributed by atoms with Crippen LogP contribution in [-0.4, -0.2) is 28.3 Å². The Balaban J connectivity index is 3.28. The molecule has 0 bridgehead atoms. The molecule has 1 aromatic rings. The van der Waals surface area contributed by atoms with Gasteiger partial charge in [-0.2, -0.15) is 5.26 Å². The molecular weight excluding hydrogens is 270 g/mol. The largest absolute Gasteiger partial charge is 0.323 e. The molecule has 7 heteroatoms. The topological polar surface area (TPSA) is 87.2 Å². The van der Waals surface area contributed by atoms with E-state index in [4.69, 9.17) is 16.9 Å². The number of nitrogens with zero attached hydrogens (tertiary/aromatic N) is 3. The summed E-state index contributed by atoms with van der Waals surface area (Å²) >= 11 is 5.77. The standard InChI is InChI=1S/C12H12ClN3O3/c1-8(2)15(6-5-14)12(17)10-7-9(13)3-4-11(10)16(18)19/h3-4,7-8H,6H2,1-2H3. The SMILES string of the molecule is CC(C)N(CC#N)C(=O)c1cc(Cl)ccc1[N+](=O)[O-]. The van der Waals surface area contributed by atoms with Crippen molar-refractivity contribution in [2.45, 2.75) is 19.9 Å². The molecule has 0 aliphatic heterocycles. The van der Waals surface area contributed by atoms with Crippen molar-refractivity contribution in [1.82, 2.24) is 4.90 Å². The molecule has 1 amide bonds. The number of benzene rings is 1. The molecule has 0 aliphatic carbocycles. The Hall–Kier alpha value is -2.13. The predicted octanol–water partition coefficient (Wildman–Crippen LogP) is 2.62. The minimum Gasteiger partial charge on any atom is -0.323 e. The zero-order chi connectivity index (χ0) is 14.6. The van der Waals surface area contributed by atoms with Crippen LogP contribution in [0, 0.1) is 21.4 Å². The average molecular weight is 282 g/mol. The summed E-state index contributed by atoms with van der Waals surface area (Å²) in [5.41, 5.74) is -0.431. The van der Waals surface area contributed by atoms with E-state index in [0.29, 0.717) is 0 Å². The van der Waals surface area contributed by atoms with Crippen LogP contribution >= 0.6 is 11.6 Å². The van der Waals surface area contributed by atoms with E-state index in [-0.39, 0.29) is 28.9 Å². The van der Waals surface area contributed by atoms with E-state index in [1.807, 2.05) is 6.07 Å². The van der Waals surface area contributed by atoms with Gasteiger partial charge in [0.1, 0.15) is 12.1 Å². The van der Waals surface area contributed by atoms with Crippen LogP contribution in [0.5, 0.6) is 0 Å². The van der Waals surface area contributed by atoms with Crippen LogP contribution in [0.4, 0.5) is 5.69 Å². The molecule has 100 valence electrons. The predicted molar refractivity (Wildman–Crippen MR) is 69.9 cm³/mol. The maximum atomic E-state index is 12.3. The van der Waals surface area contributed by atoms with E-state index < -0.39 is 10.8 Å². The summed E-state index contributed by atoms with van der Waals surface area (Å²) in [6.45, 7) is 3.32. The van der Waals surface area contributed by atoms with Gasteiger partial charge < -0.3 is 4.90 Å². The van der Waals surface area contributed by atoms with Gasteiger partial charge in [-0.15, -0.1) is 0 Å². The van der Waals surface area contributed by atoms with Crippen molar-refractivity contribution in [3.63, 3.8) is 0 Å². The molecule has 0 unspecified atom stereocenters. The molecule has 6 nitrogen and oxygen atoms in total. The molecule has 0 atom stereocenters. The molecule has 1 rings (SSSR count). The minimum absolute atomic E-state index is 0.110. The van der Waals surface area contributed by atoms with Crippen LogP contribution in [0.3, 0.4) is 0 Å². The van der Waals surface area contributed by atoms with Gasteiger partial charge in [0.15, 0.2) is 0 Å². The van der Waals surface area contributed by atoms with Crippen LogP contribution in [0.2, 0.25) is 5.02 Å². The molecule has 0 aromatic heterocycles. The average Bonchev–Trinajstić information content (AvgIpc) is 2.34. The maximum Gasteiger partial charge on any atom is 0.282 e. The second kappa shape index (κ2) is 6.16. The number of nitro groups is 1. The Morgan fingerprint density at radius 2 is 2.21 bits per heavy atom. The summed E-state index contributed by atoms with van der Waals surface area (Å²) in [6.07, 6.45) is 0. The number of nitriles is 1. The van der Waals surface area contributed by atoms with Gasteiger partial charge in [0.05, 0.1) is 11.0 Å². The number of carbonyl (C=O) groups excluding carboxylic acids is 1. The first kappa shape index (κ1) is 14.9. The van der Waals surface area contributed by atoms with Crippen molar-refractivity contribution < 1.29 is 9.72 Å². The third-order valence-corrected chi connectivity index (χ3v) is 2.75. The molecule has 0 fully saturated rings. The summed E-state index contributed by atoms with van der Waals surface area (Å²) in [5.74, 6) is -0.578. The highest BCUT2D eigenvalue weighted by molar-refractivity contribution is 6.31. The van der Waals surface area contributed by atoms with Crippen LogP contribution in [-0.2, 0) is 0 Å². The summed E-state index contributed by atoms with van der Waals surface area (Å²) < 4.78 is 0. The zero-order valence-electron chi connectivity index (χ0n) is 10.5. The first-order chi connectivity index (χ1) is 8.88. The lowest BCUT2D eigenvalue weighted by atomic mass is 10.1. The fourth-order valence-electron chi connectivity index (χ4n) is 1.56. The van der Waals surface area contributed by atoms with E-state index in [1.54, 1.807) is 13.8 Å². The molecule has 0 radical (unpaired) electrons. The lowest BCUT2D eigenvalue weighted by Gasteiger charge is -2.23. The molecule has 0 saturated carbocycles. The zero-order valence-corrected chi connectivity index (χ0v) is 11.2. The second-order valence-electron chi connectivity index (χ2n) is 4.10. The summed E-state index contributed by atoms with van der Waals surface area (Å²) in [6, 6.07) is 5.39. The molecule has 0 saturated heterocycles. The second-order valence-corrected chi connectivity index (χ2v) is 4.54. The highest BCUT2D eigenvalue weighted by atomic mass is 35.5. The van der Waals surface area contributed by atoms with Crippen LogP contribution in [0.15, 0.2) is 18.2 Å². The Labute approximate surface area is 115 Å². The third-order valence-electron chi connectivity index (χ3n) is 2.51. The minimum atomic E-state index is -0.644. The molecule has 1 aromatic carbocycles. The molecule has 0 aliphatic rings. The van der Waals surface area contributed by atoms with Crippen molar-refractivity contribution in [3.8, 4) is 6.07 Å². The van der Waals surface area contributed by atoms with Crippen LogP contribution in [0.25, 0.3) is 0 Å². The van der Waals surface area contributed by atoms with Gasteiger partial charge in [0, 0.05) is 17.1 Å². The molecule has 0 spiro atoms. The summed E-state index contributed by atoms with van der Waals surface area (Å²) in [7, 11) is 0. The number of nitro benzene ring substituents is 1. The Morgan fingerprint density at radius 3 is 2.68 bits per heavy atom. The quantitative estimate of drug-likeness (QED) is 0.482. The number of rotatable bonds is 4. The van der Waals surface area contributed by atoms with Crippen molar-refractivity contribution in [3.05, 3.63) is 38.9 Å². The van der Waals surface area contributed by atoms with Gasteiger partial charge >= 0.3 is 0 Å². The number of halogens is 1. The van der Waals surface area contributed by atoms with Crippen molar-refractivity contribution in [1.29, 1.82) is 5.26 Å². The van der Waals surface area contributed by atoms with Gasteiger partial charge in [-0.25, -0.2) is 0 Å². The van der Waals surface area contributed by atoms with Crippen molar-refractivity contribution in [2.75, 3.05) is 6.54 Å². The Kier molecular flexibility index (Phi) is 4.84. The Morgan fingerprint density at radius 1 is 1.58 bits per heavy atom. The number of hydrogen-bond donors (Lipinski definition) is 0. The molecular formula is C12H12ClN3O3. The van der Waals surface area contributed by atoms with Crippen LogP contribution < -0.4 is 0 Å². The van der Waals surface area contributed by atoms with Gasteiger partial charge in [-0.1, -0.05) is 11.6 Å². The summed E-state index contributed by atoms with van der Waals surface area (Å²) in [5, 5.41) is 19.9. The van der Waals surface area contributed by atoms with Gasteiger partial charge in [0.25, 0.3) is 11.6 Å². The number of amides is 1. The van der Waals surface area contributed by atoms with E-state index in [9.17, 15) is 14.9 Å². The van der Waals surface area contributed by atoms with E-state index in [1.165, 1.54) is 23.1 Å². The maximum absolute atomic E-state index is 12.3. The van der Waals surface area contributed by atoms with Gasteiger partial charge in [-0.05, 0) is 26.0 Å². The number of carbonyl (C=O) groups is 1. The van der Waals surface area contributed by atoms with Gasteiger partial charge in [-0.3, -0.25) is 14.9 Å². The monoisotopic (exact) mass is 281 g/mol. The normalized spacial score (nSPS) is 10.1. The lowest BCUT2D eigenvalue weighted by Crippen LogP contribution is -2.37. The van der Waals surface area contributed by atoms with Gasteiger partial charge in [0.2, 0.25) is 0 Å². The highest BCUT2D eigenvalue weighted by Gasteiger charge is 2.26. The smallest absolute Gasteiger partial charge is 0.282 e. The first-order valence-corrected chi connectivity index (χ1v) is 5.88. The van der Waals surface area contributed by atoms with Crippen LogP contribution in [0.1, 0.15) is 24.2 Å². The summed E-state index contributed by atoms with van der Waals surface area (Å²) in [4.78, 5) is 23.8. The van der Waals surface area contributed by atoms with Crippen molar-refractivity contribution in [2.24, 2.45) is 0 Å². The first-order valence-electron chi connectivity index (χ1n) is 5.50. The lowest BCUT2D eigenvalue weighted by molar-refractivity contribution is -0.385.